The zero-order valence-electron chi connectivity index (χ0n) is 11.5. The van der Waals surface area contributed by atoms with Crippen LogP contribution in [0.4, 0.5) is 5.69 Å². The molecule has 0 fully saturated rings. The van der Waals surface area contributed by atoms with Gasteiger partial charge in [0.25, 0.3) is 5.56 Å². The topological polar surface area (TPSA) is 73.2 Å². The van der Waals surface area contributed by atoms with Crippen LogP contribution < -0.4 is 15.6 Å². The zero-order valence-corrected chi connectivity index (χ0v) is 12.3. The van der Waals surface area contributed by atoms with Crippen LogP contribution >= 0.6 is 11.6 Å². The molecule has 6 nitrogen and oxygen atoms in total. The predicted octanol–water partition coefficient (Wildman–Crippen LogP) is 2.10. The lowest BCUT2D eigenvalue weighted by Gasteiger charge is -2.15. The lowest BCUT2D eigenvalue weighted by molar-refractivity contribution is -0.119. The molecule has 0 bridgehead atoms. The van der Waals surface area contributed by atoms with Crippen LogP contribution in [0.25, 0.3) is 0 Å². The maximum Gasteiger partial charge on any atom is 0.267 e. The Morgan fingerprint density at radius 2 is 2.19 bits per heavy atom. The molecular weight excluding hydrogens is 294 g/mol. The van der Waals surface area contributed by atoms with Gasteiger partial charge < -0.3 is 10.1 Å². The Kier molecular flexibility index (Phi) is 4.59. The Bertz CT molecular complexity index is 715. The number of aromatic nitrogens is 2. The lowest BCUT2D eigenvalue weighted by atomic mass is 10.2. The number of halogens is 1. The Hall–Kier alpha value is -2.34. The van der Waals surface area contributed by atoms with Crippen molar-refractivity contribution in [2.45, 2.75) is 13.0 Å². The first-order valence-corrected chi connectivity index (χ1v) is 6.59. The van der Waals surface area contributed by atoms with E-state index in [4.69, 9.17) is 16.3 Å². The van der Waals surface area contributed by atoms with Gasteiger partial charge >= 0.3 is 0 Å². The number of rotatable bonds is 4. The highest BCUT2D eigenvalue weighted by Crippen LogP contribution is 2.28. The molecule has 110 valence electrons. The quantitative estimate of drug-likeness (QED) is 0.939. The summed E-state index contributed by atoms with van der Waals surface area (Å²) >= 11 is 5.90. The summed E-state index contributed by atoms with van der Waals surface area (Å²) in [5, 5.41) is 7.03. The van der Waals surface area contributed by atoms with Crippen LogP contribution in [-0.4, -0.2) is 22.8 Å². The normalized spacial score (nSPS) is 11.8. The molecule has 1 heterocycles. The molecule has 0 radical (unpaired) electrons. The third-order valence-corrected chi connectivity index (χ3v) is 3.14. The Labute approximate surface area is 126 Å². The summed E-state index contributed by atoms with van der Waals surface area (Å²) in [4.78, 5) is 23.9. The van der Waals surface area contributed by atoms with Gasteiger partial charge in [0.1, 0.15) is 11.8 Å². The van der Waals surface area contributed by atoms with E-state index in [0.717, 1.165) is 4.68 Å². The van der Waals surface area contributed by atoms with Crippen molar-refractivity contribution in [2.24, 2.45) is 0 Å². The number of hydrogen-bond acceptors (Lipinski definition) is 4. The lowest BCUT2D eigenvalue weighted by Crippen LogP contribution is -2.32. The molecular formula is C14H14ClN3O3. The van der Waals surface area contributed by atoms with Crippen molar-refractivity contribution in [3.63, 3.8) is 0 Å². The van der Waals surface area contributed by atoms with Crippen molar-refractivity contribution >= 4 is 23.2 Å². The molecule has 1 aromatic carbocycles. The van der Waals surface area contributed by atoms with Crippen LogP contribution in [0.5, 0.6) is 5.75 Å². The van der Waals surface area contributed by atoms with Crippen LogP contribution in [-0.2, 0) is 4.79 Å². The van der Waals surface area contributed by atoms with E-state index in [-0.39, 0.29) is 5.56 Å². The summed E-state index contributed by atoms with van der Waals surface area (Å²) in [6, 6.07) is 6.98. The van der Waals surface area contributed by atoms with Gasteiger partial charge in [-0.25, -0.2) is 4.68 Å². The highest BCUT2D eigenvalue weighted by atomic mass is 35.5. The molecule has 1 amide bonds. The van der Waals surface area contributed by atoms with Crippen LogP contribution in [0.2, 0.25) is 5.02 Å². The highest BCUT2D eigenvalue weighted by molar-refractivity contribution is 6.31. The number of ether oxygens (including phenoxy) is 1. The molecule has 2 aromatic rings. The van der Waals surface area contributed by atoms with E-state index in [1.54, 1.807) is 25.1 Å². The van der Waals surface area contributed by atoms with Gasteiger partial charge in [-0.2, -0.15) is 5.10 Å². The summed E-state index contributed by atoms with van der Waals surface area (Å²) in [6.45, 7) is 1.58. The van der Waals surface area contributed by atoms with Crippen molar-refractivity contribution in [1.29, 1.82) is 0 Å². The molecule has 1 unspecified atom stereocenters. The molecule has 21 heavy (non-hydrogen) atoms. The van der Waals surface area contributed by atoms with Crippen molar-refractivity contribution in [3.05, 3.63) is 51.9 Å². The van der Waals surface area contributed by atoms with E-state index in [1.165, 1.54) is 25.4 Å². The number of amides is 1. The molecule has 1 N–H and O–H groups in total. The average molecular weight is 308 g/mol. The van der Waals surface area contributed by atoms with E-state index >= 15 is 0 Å². The maximum absolute atomic E-state index is 12.2. The summed E-state index contributed by atoms with van der Waals surface area (Å²) in [6.07, 6.45) is 1.45. The van der Waals surface area contributed by atoms with Crippen LogP contribution in [0, 0.1) is 0 Å². The van der Waals surface area contributed by atoms with E-state index in [0.29, 0.717) is 16.5 Å². The number of hydrogen-bond donors (Lipinski definition) is 1. The first-order chi connectivity index (χ1) is 10.0. The van der Waals surface area contributed by atoms with Gasteiger partial charge in [0.15, 0.2) is 0 Å². The van der Waals surface area contributed by atoms with Crippen LogP contribution in [0.3, 0.4) is 0 Å². The van der Waals surface area contributed by atoms with E-state index in [9.17, 15) is 9.59 Å². The fraction of sp³-hybridized carbons (Fsp3) is 0.214. The van der Waals surface area contributed by atoms with Gasteiger partial charge in [-0.05, 0) is 31.2 Å². The van der Waals surface area contributed by atoms with Crippen molar-refractivity contribution in [3.8, 4) is 5.75 Å². The SMILES string of the molecule is COc1ccc(Cl)cc1NC(=O)C(C)n1ncccc1=O. The van der Waals surface area contributed by atoms with Gasteiger partial charge in [-0.15, -0.1) is 0 Å². The molecule has 1 atom stereocenters. The predicted molar refractivity (Wildman–Crippen MR) is 79.8 cm³/mol. The van der Waals surface area contributed by atoms with Crippen molar-refractivity contribution < 1.29 is 9.53 Å². The molecule has 0 aliphatic carbocycles. The third-order valence-electron chi connectivity index (χ3n) is 2.91. The minimum atomic E-state index is -0.762. The fourth-order valence-corrected chi connectivity index (χ4v) is 1.96. The average Bonchev–Trinajstić information content (AvgIpc) is 2.47. The molecule has 0 aliphatic rings. The van der Waals surface area contributed by atoms with Crippen LogP contribution in [0.15, 0.2) is 41.3 Å². The zero-order chi connectivity index (χ0) is 15.4. The fourth-order valence-electron chi connectivity index (χ4n) is 1.79. The minimum Gasteiger partial charge on any atom is -0.495 e. The van der Waals surface area contributed by atoms with Gasteiger partial charge in [-0.1, -0.05) is 11.6 Å². The highest BCUT2D eigenvalue weighted by Gasteiger charge is 2.18. The smallest absolute Gasteiger partial charge is 0.267 e. The minimum absolute atomic E-state index is 0.349. The molecule has 1 aromatic heterocycles. The molecule has 0 saturated heterocycles. The monoisotopic (exact) mass is 307 g/mol. The summed E-state index contributed by atoms with van der Waals surface area (Å²) in [7, 11) is 1.49. The van der Waals surface area contributed by atoms with Crippen LogP contribution in [0.1, 0.15) is 13.0 Å². The van der Waals surface area contributed by atoms with Crippen molar-refractivity contribution in [1.82, 2.24) is 9.78 Å². The largest absolute Gasteiger partial charge is 0.495 e. The Balaban J connectivity index is 2.24. The van der Waals surface area contributed by atoms with Gasteiger partial charge in [0, 0.05) is 17.3 Å². The molecule has 2 rings (SSSR count). The number of carbonyl (C=O) groups excluding carboxylic acids is 1. The number of carbonyl (C=O) groups is 1. The van der Waals surface area contributed by atoms with Gasteiger partial charge in [0.05, 0.1) is 12.8 Å². The Morgan fingerprint density at radius 1 is 1.43 bits per heavy atom. The van der Waals surface area contributed by atoms with E-state index in [1.807, 2.05) is 0 Å². The summed E-state index contributed by atoms with van der Waals surface area (Å²) in [5.74, 6) is 0.0877. The second-order valence-electron chi connectivity index (χ2n) is 4.32. The molecule has 0 aliphatic heterocycles. The second kappa shape index (κ2) is 6.41. The number of methoxy groups -OCH3 is 1. The molecule has 0 saturated carbocycles. The van der Waals surface area contributed by atoms with Gasteiger partial charge in [-0.3, -0.25) is 9.59 Å². The number of benzene rings is 1. The maximum atomic E-state index is 12.2. The number of nitrogens with zero attached hydrogens (tertiary/aromatic N) is 2. The van der Waals surface area contributed by atoms with Crippen molar-refractivity contribution in [2.75, 3.05) is 12.4 Å². The second-order valence-corrected chi connectivity index (χ2v) is 4.75. The standard InChI is InChI=1S/C14H14ClN3O3/c1-9(18-13(19)4-3-7-16-18)14(20)17-11-8-10(15)5-6-12(11)21-2/h3-9H,1-2H3,(H,17,20). The third kappa shape index (κ3) is 3.41. The van der Waals surface area contributed by atoms with E-state index < -0.39 is 11.9 Å². The molecule has 0 spiro atoms. The molecule has 7 heteroatoms. The first-order valence-electron chi connectivity index (χ1n) is 6.21. The van der Waals surface area contributed by atoms with E-state index in [2.05, 4.69) is 10.4 Å². The van der Waals surface area contributed by atoms with Gasteiger partial charge in [0.2, 0.25) is 5.91 Å². The number of nitrogens with one attached hydrogen (secondary N) is 1. The number of anilines is 1. The summed E-state index contributed by atoms with van der Waals surface area (Å²) < 4.78 is 6.26. The Morgan fingerprint density at radius 3 is 2.86 bits per heavy atom. The first kappa shape index (κ1) is 15.1. The summed E-state index contributed by atoms with van der Waals surface area (Å²) in [5.41, 5.74) is 0.0871.